The average Bonchev–Trinajstić information content (AvgIpc) is 2.90. The van der Waals surface area contributed by atoms with E-state index in [1.165, 1.54) is 4.57 Å². The summed E-state index contributed by atoms with van der Waals surface area (Å²) >= 11 is 3.46. The first-order valence-electron chi connectivity index (χ1n) is 5.63. The van der Waals surface area contributed by atoms with E-state index in [1.54, 1.807) is 19.3 Å². The summed E-state index contributed by atoms with van der Waals surface area (Å²) in [6.45, 7) is 0. The van der Waals surface area contributed by atoms with Crippen LogP contribution in [0.5, 0.6) is 5.88 Å². The molecule has 1 aliphatic heterocycles. The van der Waals surface area contributed by atoms with Gasteiger partial charge in [0.15, 0.2) is 0 Å². The summed E-state index contributed by atoms with van der Waals surface area (Å²) in [6, 6.07) is 5.86. The molecule has 0 fully saturated rings. The quantitative estimate of drug-likeness (QED) is 0.848. The molecule has 0 spiro atoms. The Morgan fingerprint density at radius 1 is 1.42 bits per heavy atom. The number of hydrogen-bond donors (Lipinski definition) is 2. The SMILES string of the molecule is Cn1c(N)nc(/C=C2\C=Nc3c(Br)cccc32)c1O. The zero-order chi connectivity index (χ0) is 13.6. The van der Waals surface area contributed by atoms with Gasteiger partial charge in [0.05, 0.1) is 5.69 Å². The van der Waals surface area contributed by atoms with Crippen molar-refractivity contribution in [2.75, 3.05) is 5.73 Å². The molecule has 0 amide bonds. The number of anilines is 1. The maximum atomic E-state index is 9.90. The van der Waals surface area contributed by atoms with Crippen LogP contribution >= 0.6 is 15.9 Å². The minimum atomic E-state index is 0.0434. The fourth-order valence-electron chi connectivity index (χ4n) is 1.97. The number of aromatic nitrogens is 2. The van der Waals surface area contributed by atoms with Gasteiger partial charge in [-0.05, 0) is 28.1 Å². The molecule has 0 bridgehead atoms. The Morgan fingerprint density at radius 2 is 2.21 bits per heavy atom. The number of halogens is 1. The number of aliphatic imine (C=N–C) groups is 1. The summed E-state index contributed by atoms with van der Waals surface area (Å²) in [5, 5.41) is 9.90. The molecule has 0 saturated heterocycles. The van der Waals surface area contributed by atoms with Crippen LogP contribution in [-0.4, -0.2) is 20.9 Å². The zero-order valence-corrected chi connectivity index (χ0v) is 11.7. The maximum absolute atomic E-state index is 9.90. The van der Waals surface area contributed by atoms with E-state index in [2.05, 4.69) is 25.9 Å². The number of para-hydroxylation sites is 1. The van der Waals surface area contributed by atoms with E-state index in [9.17, 15) is 5.11 Å². The van der Waals surface area contributed by atoms with Crippen LogP contribution in [-0.2, 0) is 7.05 Å². The fraction of sp³-hybridized carbons (Fsp3) is 0.0769. The van der Waals surface area contributed by atoms with Gasteiger partial charge in [0.2, 0.25) is 11.8 Å². The molecule has 3 N–H and O–H groups in total. The number of hydrogen-bond acceptors (Lipinski definition) is 4. The third-order valence-corrected chi connectivity index (χ3v) is 3.69. The van der Waals surface area contributed by atoms with E-state index in [0.717, 1.165) is 21.3 Å². The van der Waals surface area contributed by atoms with Gasteiger partial charge in [0.25, 0.3) is 0 Å². The summed E-state index contributed by atoms with van der Waals surface area (Å²) in [4.78, 5) is 8.46. The van der Waals surface area contributed by atoms with E-state index in [0.29, 0.717) is 5.69 Å². The second kappa shape index (κ2) is 4.24. The summed E-state index contributed by atoms with van der Waals surface area (Å²) in [5.41, 5.74) is 8.87. The molecule has 0 unspecified atom stereocenters. The van der Waals surface area contributed by atoms with Crippen LogP contribution in [0.1, 0.15) is 11.3 Å². The van der Waals surface area contributed by atoms with Crippen molar-refractivity contribution in [1.82, 2.24) is 9.55 Å². The molecule has 5 nitrogen and oxygen atoms in total. The molecule has 1 aliphatic rings. The lowest BCUT2D eigenvalue weighted by Crippen LogP contribution is -1.95. The molecule has 2 heterocycles. The van der Waals surface area contributed by atoms with E-state index < -0.39 is 0 Å². The van der Waals surface area contributed by atoms with Crippen molar-refractivity contribution in [3.63, 3.8) is 0 Å². The van der Waals surface area contributed by atoms with Gasteiger partial charge in [-0.2, -0.15) is 0 Å². The Balaban J connectivity index is 2.11. The standard InChI is InChI=1S/C13H11BrN4O/c1-18-12(19)10(17-13(18)15)5-7-6-16-11-8(7)3-2-4-9(11)14/h2-6,19H,1H3,(H2,15,17)/b7-5+. The lowest BCUT2D eigenvalue weighted by atomic mass is 10.1. The lowest BCUT2D eigenvalue weighted by molar-refractivity contribution is 0.432. The first-order chi connectivity index (χ1) is 9.08. The highest BCUT2D eigenvalue weighted by Crippen LogP contribution is 2.38. The van der Waals surface area contributed by atoms with E-state index in [1.807, 2.05) is 18.2 Å². The third kappa shape index (κ3) is 1.84. The summed E-state index contributed by atoms with van der Waals surface area (Å²) in [6.07, 6.45) is 3.52. The molecule has 0 radical (unpaired) electrons. The first-order valence-corrected chi connectivity index (χ1v) is 6.43. The van der Waals surface area contributed by atoms with Gasteiger partial charge in [-0.3, -0.25) is 9.56 Å². The van der Waals surface area contributed by atoms with Gasteiger partial charge >= 0.3 is 0 Å². The number of nitrogen functional groups attached to an aromatic ring is 1. The van der Waals surface area contributed by atoms with Crippen molar-refractivity contribution >= 4 is 45.4 Å². The van der Waals surface area contributed by atoms with Crippen LogP contribution in [0.3, 0.4) is 0 Å². The molecular weight excluding hydrogens is 308 g/mol. The van der Waals surface area contributed by atoms with Crippen molar-refractivity contribution in [3.8, 4) is 5.88 Å². The molecule has 96 valence electrons. The van der Waals surface area contributed by atoms with Gasteiger partial charge in [-0.25, -0.2) is 4.98 Å². The zero-order valence-electron chi connectivity index (χ0n) is 10.1. The van der Waals surface area contributed by atoms with E-state index in [4.69, 9.17) is 5.73 Å². The number of nitrogens with zero attached hydrogens (tertiary/aromatic N) is 3. The lowest BCUT2D eigenvalue weighted by Gasteiger charge is -2.00. The van der Waals surface area contributed by atoms with Gasteiger partial charge < -0.3 is 10.8 Å². The number of benzene rings is 1. The second-order valence-corrected chi connectivity index (χ2v) is 5.09. The summed E-state index contributed by atoms with van der Waals surface area (Å²) < 4.78 is 2.37. The second-order valence-electron chi connectivity index (χ2n) is 4.23. The summed E-state index contributed by atoms with van der Waals surface area (Å²) in [5.74, 6) is 0.315. The Hall–Kier alpha value is -2.08. The van der Waals surface area contributed by atoms with Crippen molar-refractivity contribution in [1.29, 1.82) is 0 Å². The Kier molecular flexibility index (Phi) is 2.67. The normalized spacial score (nSPS) is 15.2. The van der Waals surface area contributed by atoms with Gasteiger partial charge in [0.1, 0.15) is 5.69 Å². The van der Waals surface area contributed by atoms with Crippen LogP contribution in [0.4, 0.5) is 11.6 Å². The molecule has 1 aromatic heterocycles. The van der Waals surface area contributed by atoms with Gasteiger partial charge in [-0.15, -0.1) is 0 Å². The minimum absolute atomic E-state index is 0.0434. The Labute approximate surface area is 118 Å². The minimum Gasteiger partial charge on any atom is -0.493 e. The molecule has 0 saturated carbocycles. The van der Waals surface area contributed by atoms with E-state index in [-0.39, 0.29) is 11.8 Å². The van der Waals surface area contributed by atoms with Crippen LogP contribution in [0, 0.1) is 0 Å². The van der Waals surface area contributed by atoms with Crippen molar-refractivity contribution < 1.29 is 5.11 Å². The monoisotopic (exact) mass is 318 g/mol. The fourth-order valence-corrected chi connectivity index (χ4v) is 2.44. The highest BCUT2D eigenvalue weighted by molar-refractivity contribution is 9.10. The van der Waals surface area contributed by atoms with Crippen LogP contribution in [0.25, 0.3) is 11.6 Å². The first kappa shape index (κ1) is 12.0. The largest absolute Gasteiger partial charge is 0.493 e. The highest BCUT2D eigenvalue weighted by atomic mass is 79.9. The average molecular weight is 319 g/mol. The van der Waals surface area contributed by atoms with Crippen molar-refractivity contribution in [3.05, 3.63) is 33.9 Å². The molecule has 19 heavy (non-hydrogen) atoms. The van der Waals surface area contributed by atoms with Crippen LogP contribution in [0.2, 0.25) is 0 Å². The number of nitrogens with two attached hydrogens (primary N) is 1. The van der Waals surface area contributed by atoms with Crippen molar-refractivity contribution in [2.24, 2.45) is 12.0 Å². The molecule has 0 aliphatic carbocycles. The van der Waals surface area contributed by atoms with Gasteiger partial charge in [0, 0.05) is 28.9 Å². The maximum Gasteiger partial charge on any atom is 0.220 e. The third-order valence-electron chi connectivity index (χ3n) is 3.05. The van der Waals surface area contributed by atoms with Crippen LogP contribution < -0.4 is 5.73 Å². The topological polar surface area (TPSA) is 76.4 Å². The van der Waals surface area contributed by atoms with Crippen molar-refractivity contribution in [2.45, 2.75) is 0 Å². The Morgan fingerprint density at radius 3 is 2.89 bits per heavy atom. The van der Waals surface area contributed by atoms with Gasteiger partial charge in [-0.1, -0.05) is 12.1 Å². The number of fused-ring (bicyclic) bond motifs is 1. The predicted octanol–water partition coefficient (Wildman–Crippen LogP) is 2.73. The molecule has 1 aromatic carbocycles. The van der Waals surface area contributed by atoms with Crippen LogP contribution in [0.15, 0.2) is 27.7 Å². The highest BCUT2D eigenvalue weighted by Gasteiger charge is 2.17. The van der Waals surface area contributed by atoms with E-state index >= 15 is 0 Å². The molecule has 6 heteroatoms. The smallest absolute Gasteiger partial charge is 0.220 e. The summed E-state index contributed by atoms with van der Waals surface area (Å²) in [7, 11) is 1.66. The number of imidazole rings is 1. The molecule has 0 atom stereocenters. The number of aromatic hydroxyl groups is 1. The predicted molar refractivity (Wildman–Crippen MR) is 79.5 cm³/mol. The number of rotatable bonds is 1. The number of allylic oxidation sites excluding steroid dienone is 1. The molecule has 2 aromatic rings. The Bertz CT molecular complexity index is 730. The molecular formula is C13H11BrN4O. The molecule has 3 rings (SSSR count).